The average Bonchev–Trinajstić information content (AvgIpc) is 2.99. The largest absolute Gasteiger partial charge is 0.483 e. The molecule has 2 N–H and O–H groups in total. The molecule has 4 heteroatoms. The van der Waals surface area contributed by atoms with Gasteiger partial charge in [0.25, 0.3) is 6.47 Å². The minimum atomic E-state index is -0.250. The van der Waals surface area contributed by atoms with Crippen molar-refractivity contribution in [3.8, 4) is 0 Å². The quantitative estimate of drug-likeness (QED) is 0.779. The summed E-state index contributed by atoms with van der Waals surface area (Å²) in [5.74, 6) is 0. The first-order valence-electron chi connectivity index (χ1n) is 4.82. The third-order valence-corrected chi connectivity index (χ3v) is 2.30. The minimum Gasteiger partial charge on any atom is -0.483 e. The van der Waals surface area contributed by atoms with E-state index in [2.05, 4.69) is 11.4 Å². The SMILES string of the molecule is Clc1cccc(CNC2CC2)c1.O=CO. The maximum atomic E-state index is 8.36. The van der Waals surface area contributed by atoms with E-state index < -0.39 is 0 Å². The first-order valence-corrected chi connectivity index (χ1v) is 5.19. The van der Waals surface area contributed by atoms with E-state index in [0.717, 1.165) is 17.6 Å². The Morgan fingerprint density at radius 2 is 2.20 bits per heavy atom. The highest BCUT2D eigenvalue weighted by Crippen LogP contribution is 2.19. The van der Waals surface area contributed by atoms with E-state index in [0.29, 0.717) is 0 Å². The van der Waals surface area contributed by atoms with E-state index in [1.54, 1.807) is 0 Å². The Hall–Kier alpha value is -1.06. The summed E-state index contributed by atoms with van der Waals surface area (Å²) in [5.41, 5.74) is 1.27. The van der Waals surface area contributed by atoms with Crippen molar-refractivity contribution in [3.05, 3.63) is 34.9 Å². The maximum Gasteiger partial charge on any atom is 0.290 e. The van der Waals surface area contributed by atoms with E-state index in [9.17, 15) is 0 Å². The van der Waals surface area contributed by atoms with Crippen molar-refractivity contribution < 1.29 is 9.90 Å². The molecule has 0 aliphatic heterocycles. The van der Waals surface area contributed by atoms with Gasteiger partial charge in [0.05, 0.1) is 0 Å². The molecule has 0 aromatic heterocycles. The molecular formula is C11H14ClNO2. The van der Waals surface area contributed by atoms with Gasteiger partial charge in [-0.25, -0.2) is 0 Å². The topological polar surface area (TPSA) is 49.3 Å². The molecule has 0 heterocycles. The number of hydrogen-bond donors (Lipinski definition) is 2. The highest BCUT2D eigenvalue weighted by molar-refractivity contribution is 6.30. The standard InChI is InChI=1S/C10H12ClN.CH2O2/c11-9-3-1-2-8(6-9)7-12-10-4-5-10;2-1-3/h1-3,6,10,12H,4-5,7H2;1H,(H,2,3). The van der Waals surface area contributed by atoms with Crippen LogP contribution in [0, 0.1) is 0 Å². The van der Waals surface area contributed by atoms with Crippen LogP contribution < -0.4 is 5.32 Å². The van der Waals surface area contributed by atoms with Crippen molar-refractivity contribution in [2.45, 2.75) is 25.4 Å². The van der Waals surface area contributed by atoms with Crippen LogP contribution in [0.25, 0.3) is 0 Å². The zero-order valence-corrected chi connectivity index (χ0v) is 9.07. The molecule has 0 spiro atoms. The van der Waals surface area contributed by atoms with Gasteiger partial charge in [-0.15, -0.1) is 0 Å². The Morgan fingerprint density at radius 1 is 1.53 bits per heavy atom. The number of carbonyl (C=O) groups is 1. The number of nitrogens with one attached hydrogen (secondary N) is 1. The van der Waals surface area contributed by atoms with Gasteiger partial charge in [0.2, 0.25) is 0 Å². The van der Waals surface area contributed by atoms with E-state index >= 15 is 0 Å². The van der Waals surface area contributed by atoms with Crippen molar-refractivity contribution in [3.63, 3.8) is 0 Å². The number of rotatable bonds is 3. The summed E-state index contributed by atoms with van der Waals surface area (Å²) in [6.07, 6.45) is 2.67. The molecule has 0 radical (unpaired) electrons. The van der Waals surface area contributed by atoms with Crippen LogP contribution in [-0.4, -0.2) is 17.6 Å². The fourth-order valence-electron chi connectivity index (χ4n) is 1.20. The highest BCUT2D eigenvalue weighted by atomic mass is 35.5. The van der Waals surface area contributed by atoms with Crippen LogP contribution in [0.5, 0.6) is 0 Å². The van der Waals surface area contributed by atoms with Gasteiger partial charge >= 0.3 is 0 Å². The second-order valence-electron chi connectivity index (χ2n) is 3.39. The molecule has 1 saturated carbocycles. The molecule has 1 aliphatic rings. The number of benzene rings is 1. The molecule has 82 valence electrons. The van der Waals surface area contributed by atoms with E-state index in [1.165, 1.54) is 18.4 Å². The van der Waals surface area contributed by atoms with Crippen molar-refractivity contribution in [2.75, 3.05) is 0 Å². The lowest BCUT2D eigenvalue weighted by Crippen LogP contribution is -2.14. The predicted octanol–water partition coefficient (Wildman–Crippen LogP) is 2.29. The van der Waals surface area contributed by atoms with Crippen LogP contribution in [0.3, 0.4) is 0 Å². The summed E-state index contributed by atoms with van der Waals surface area (Å²) >= 11 is 5.85. The Labute approximate surface area is 94.1 Å². The van der Waals surface area contributed by atoms with Crippen LogP contribution in [0.2, 0.25) is 5.02 Å². The lowest BCUT2D eigenvalue weighted by Gasteiger charge is -2.02. The number of hydrogen-bond acceptors (Lipinski definition) is 2. The third-order valence-electron chi connectivity index (χ3n) is 2.06. The first kappa shape index (κ1) is 12.0. The average molecular weight is 228 g/mol. The summed E-state index contributed by atoms with van der Waals surface area (Å²) in [5, 5.41) is 11.2. The van der Waals surface area contributed by atoms with E-state index in [4.69, 9.17) is 21.5 Å². The first-order chi connectivity index (χ1) is 7.26. The van der Waals surface area contributed by atoms with Crippen molar-refractivity contribution in [2.24, 2.45) is 0 Å². The molecule has 3 nitrogen and oxygen atoms in total. The fourth-order valence-corrected chi connectivity index (χ4v) is 1.41. The van der Waals surface area contributed by atoms with Gasteiger partial charge in [0.15, 0.2) is 0 Å². The molecule has 1 aromatic rings. The van der Waals surface area contributed by atoms with Gasteiger partial charge in [0.1, 0.15) is 0 Å². The van der Waals surface area contributed by atoms with Crippen molar-refractivity contribution in [1.82, 2.24) is 5.32 Å². The molecule has 2 rings (SSSR count). The van der Waals surface area contributed by atoms with E-state index in [1.807, 2.05) is 18.2 Å². The van der Waals surface area contributed by atoms with Crippen LogP contribution >= 0.6 is 11.6 Å². The lowest BCUT2D eigenvalue weighted by molar-refractivity contribution is -0.122. The van der Waals surface area contributed by atoms with Gasteiger partial charge in [0, 0.05) is 17.6 Å². The third kappa shape index (κ3) is 5.40. The molecule has 0 saturated heterocycles. The fraction of sp³-hybridized carbons (Fsp3) is 0.364. The lowest BCUT2D eigenvalue weighted by atomic mass is 10.2. The Balaban J connectivity index is 0.000000337. The van der Waals surface area contributed by atoms with Crippen LogP contribution in [0.1, 0.15) is 18.4 Å². The summed E-state index contributed by atoms with van der Waals surface area (Å²) in [7, 11) is 0. The zero-order valence-electron chi connectivity index (χ0n) is 8.32. The summed E-state index contributed by atoms with van der Waals surface area (Å²) in [4.78, 5) is 8.36. The van der Waals surface area contributed by atoms with Crippen LogP contribution in [-0.2, 0) is 11.3 Å². The highest BCUT2D eigenvalue weighted by Gasteiger charge is 2.19. The number of halogens is 1. The van der Waals surface area contributed by atoms with Gasteiger partial charge < -0.3 is 10.4 Å². The second-order valence-corrected chi connectivity index (χ2v) is 3.83. The maximum absolute atomic E-state index is 8.36. The normalized spacial score (nSPS) is 13.9. The van der Waals surface area contributed by atoms with Crippen molar-refractivity contribution in [1.29, 1.82) is 0 Å². The molecule has 0 atom stereocenters. The molecule has 1 aliphatic carbocycles. The second kappa shape index (κ2) is 6.43. The van der Waals surface area contributed by atoms with Crippen LogP contribution in [0.15, 0.2) is 24.3 Å². The summed E-state index contributed by atoms with van der Waals surface area (Å²) < 4.78 is 0. The predicted molar refractivity (Wildman–Crippen MR) is 60.0 cm³/mol. The molecular weight excluding hydrogens is 214 g/mol. The summed E-state index contributed by atoms with van der Waals surface area (Å²) in [6, 6.07) is 8.77. The van der Waals surface area contributed by atoms with Crippen molar-refractivity contribution >= 4 is 18.1 Å². The van der Waals surface area contributed by atoms with Gasteiger partial charge in [-0.1, -0.05) is 23.7 Å². The molecule has 0 amide bonds. The summed E-state index contributed by atoms with van der Waals surface area (Å²) in [6.45, 7) is 0.700. The number of carboxylic acid groups (broad SMARTS) is 1. The van der Waals surface area contributed by atoms with Crippen LogP contribution in [0.4, 0.5) is 0 Å². The molecule has 15 heavy (non-hydrogen) atoms. The smallest absolute Gasteiger partial charge is 0.290 e. The molecule has 1 aromatic carbocycles. The monoisotopic (exact) mass is 227 g/mol. The minimum absolute atomic E-state index is 0.250. The molecule has 0 bridgehead atoms. The Kier molecular flexibility index (Phi) is 5.15. The molecule has 0 unspecified atom stereocenters. The van der Waals surface area contributed by atoms with E-state index in [-0.39, 0.29) is 6.47 Å². The molecule has 1 fully saturated rings. The Bertz CT molecular complexity index is 313. The zero-order chi connectivity index (χ0) is 11.1. The Morgan fingerprint density at radius 3 is 2.73 bits per heavy atom. The van der Waals surface area contributed by atoms with Gasteiger partial charge in [-0.05, 0) is 30.5 Å². The van der Waals surface area contributed by atoms with Gasteiger partial charge in [-0.3, -0.25) is 4.79 Å². The van der Waals surface area contributed by atoms with Gasteiger partial charge in [-0.2, -0.15) is 0 Å².